The van der Waals surface area contributed by atoms with Crippen LogP contribution >= 0.6 is 0 Å². The zero-order valence-corrected chi connectivity index (χ0v) is 14.4. The van der Waals surface area contributed by atoms with E-state index in [1.165, 1.54) is 0 Å². The maximum atomic E-state index is 12.9. The summed E-state index contributed by atoms with van der Waals surface area (Å²) < 4.78 is 2.00. The maximum absolute atomic E-state index is 12.9. The molecule has 1 fully saturated rings. The summed E-state index contributed by atoms with van der Waals surface area (Å²) in [5.74, 6) is -0.145. The van der Waals surface area contributed by atoms with Gasteiger partial charge < -0.3 is 14.4 Å². The first kappa shape index (κ1) is 17.1. The highest BCUT2D eigenvalue weighted by molar-refractivity contribution is 5.89. The molecular weight excluding hydrogens is 318 g/mol. The van der Waals surface area contributed by atoms with Gasteiger partial charge in [0.1, 0.15) is 0 Å². The third-order valence-electron chi connectivity index (χ3n) is 4.53. The van der Waals surface area contributed by atoms with Crippen molar-refractivity contribution in [3.63, 3.8) is 0 Å². The topological polar surface area (TPSA) is 71.3 Å². The zero-order valence-electron chi connectivity index (χ0n) is 14.4. The molecule has 0 spiro atoms. The molecule has 132 valence electrons. The van der Waals surface area contributed by atoms with Gasteiger partial charge >= 0.3 is 0 Å². The highest BCUT2D eigenvalue weighted by Gasteiger charge is 2.34. The third kappa shape index (κ3) is 4.43. The van der Waals surface area contributed by atoms with Gasteiger partial charge in [-0.2, -0.15) is 0 Å². The van der Waals surface area contributed by atoms with Gasteiger partial charge in [-0.25, -0.2) is 4.98 Å². The first-order chi connectivity index (χ1) is 12.1. The number of aromatic nitrogens is 3. The number of pyridine rings is 1. The summed E-state index contributed by atoms with van der Waals surface area (Å²) in [6, 6.07) is 3.84. The number of hydrogen-bond donors (Lipinski definition) is 0. The van der Waals surface area contributed by atoms with Crippen LogP contribution in [0.5, 0.6) is 0 Å². The molecule has 0 radical (unpaired) electrons. The largest absolute Gasteiger partial charge is 0.345 e. The summed E-state index contributed by atoms with van der Waals surface area (Å²) >= 11 is 0. The molecule has 1 aliphatic rings. The van der Waals surface area contributed by atoms with E-state index in [-0.39, 0.29) is 17.7 Å². The van der Waals surface area contributed by atoms with Crippen molar-refractivity contribution in [2.75, 3.05) is 20.1 Å². The van der Waals surface area contributed by atoms with Crippen molar-refractivity contribution in [3.8, 4) is 0 Å². The average molecular weight is 341 g/mol. The molecular formula is C18H23N5O2. The lowest BCUT2D eigenvalue weighted by molar-refractivity contribution is -0.136. The number of nitrogens with zero attached hydrogens (tertiary/aromatic N) is 5. The average Bonchev–Trinajstić information content (AvgIpc) is 3.25. The molecule has 2 aromatic heterocycles. The molecule has 0 aromatic carbocycles. The molecule has 1 saturated heterocycles. The number of aryl methyl sites for hydroxylation is 1. The van der Waals surface area contributed by atoms with E-state index in [2.05, 4.69) is 9.97 Å². The molecule has 25 heavy (non-hydrogen) atoms. The first-order valence-corrected chi connectivity index (χ1v) is 8.51. The first-order valence-electron chi connectivity index (χ1n) is 8.51. The Morgan fingerprint density at radius 1 is 1.28 bits per heavy atom. The van der Waals surface area contributed by atoms with Gasteiger partial charge in [0.25, 0.3) is 0 Å². The van der Waals surface area contributed by atoms with Gasteiger partial charge in [-0.3, -0.25) is 14.6 Å². The second-order valence-electron chi connectivity index (χ2n) is 6.44. The Morgan fingerprint density at radius 2 is 2.08 bits per heavy atom. The van der Waals surface area contributed by atoms with E-state index in [1.54, 1.807) is 36.9 Å². The summed E-state index contributed by atoms with van der Waals surface area (Å²) in [5.41, 5.74) is 1.05. The standard InChI is InChI=1S/C18H23N5O2/c1-21-13-16(11-17(21)24)18(25)23(12-15-3-5-19-6-4-15)9-2-8-22-10-7-20-14-22/h3-7,10,14,16H,2,8-9,11-13H2,1H3/t16-/m1/s1. The van der Waals surface area contributed by atoms with Crippen molar-refractivity contribution < 1.29 is 9.59 Å². The highest BCUT2D eigenvalue weighted by Crippen LogP contribution is 2.20. The van der Waals surface area contributed by atoms with Crippen LogP contribution in [0.15, 0.2) is 43.2 Å². The van der Waals surface area contributed by atoms with E-state index in [9.17, 15) is 9.59 Å². The van der Waals surface area contributed by atoms with Crippen LogP contribution in [0.1, 0.15) is 18.4 Å². The second kappa shape index (κ2) is 7.92. The Hall–Kier alpha value is -2.70. The molecule has 0 aliphatic carbocycles. The van der Waals surface area contributed by atoms with E-state index in [4.69, 9.17) is 0 Å². The minimum atomic E-state index is -0.243. The Morgan fingerprint density at radius 3 is 2.72 bits per heavy atom. The van der Waals surface area contributed by atoms with Crippen LogP contribution in [0.25, 0.3) is 0 Å². The van der Waals surface area contributed by atoms with Crippen molar-refractivity contribution in [2.24, 2.45) is 5.92 Å². The number of amides is 2. The lowest BCUT2D eigenvalue weighted by atomic mass is 10.1. The molecule has 0 unspecified atom stereocenters. The van der Waals surface area contributed by atoms with E-state index >= 15 is 0 Å². The maximum Gasteiger partial charge on any atom is 0.228 e. The molecule has 3 heterocycles. The van der Waals surface area contributed by atoms with Crippen LogP contribution in [-0.2, 0) is 22.7 Å². The molecule has 0 bridgehead atoms. The van der Waals surface area contributed by atoms with E-state index in [0.29, 0.717) is 26.1 Å². The van der Waals surface area contributed by atoms with Crippen LogP contribution in [-0.4, -0.2) is 56.3 Å². The SMILES string of the molecule is CN1C[C@H](C(=O)N(CCCn2ccnc2)Cc2ccncc2)CC1=O. The number of imidazole rings is 1. The lowest BCUT2D eigenvalue weighted by Gasteiger charge is -2.25. The normalized spacial score (nSPS) is 17.1. The minimum absolute atomic E-state index is 0.0422. The molecule has 0 saturated carbocycles. The van der Waals surface area contributed by atoms with Crippen LogP contribution in [0.3, 0.4) is 0 Å². The van der Waals surface area contributed by atoms with Crippen molar-refractivity contribution in [1.82, 2.24) is 24.3 Å². The molecule has 1 aliphatic heterocycles. The fraction of sp³-hybridized carbons (Fsp3) is 0.444. The monoisotopic (exact) mass is 341 g/mol. The summed E-state index contributed by atoms with van der Waals surface area (Å²) in [4.78, 5) is 36.3. The third-order valence-corrected chi connectivity index (χ3v) is 4.53. The summed E-state index contributed by atoms with van der Waals surface area (Å²) in [6.07, 6.45) is 10.1. The fourth-order valence-electron chi connectivity index (χ4n) is 3.13. The van der Waals surface area contributed by atoms with Crippen molar-refractivity contribution in [3.05, 3.63) is 48.8 Å². The molecule has 2 amide bonds. The van der Waals surface area contributed by atoms with Gasteiger partial charge in [-0.15, -0.1) is 0 Å². The van der Waals surface area contributed by atoms with Gasteiger partial charge in [0.05, 0.1) is 12.2 Å². The Balaban J connectivity index is 1.64. The lowest BCUT2D eigenvalue weighted by Crippen LogP contribution is -2.37. The van der Waals surface area contributed by atoms with Gasteiger partial charge in [0.15, 0.2) is 0 Å². The molecule has 1 atom stereocenters. The van der Waals surface area contributed by atoms with Crippen LogP contribution in [0.4, 0.5) is 0 Å². The van der Waals surface area contributed by atoms with E-state index in [1.807, 2.05) is 27.8 Å². The Labute approximate surface area is 147 Å². The molecule has 7 nitrogen and oxygen atoms in total. The summed E-state index contributed by atoms with van der Waals surface area (Å²) in [6.45, 7) is 2.50. The predicted octanol–water partition coefficient (Wildman–Crippen LogP) is 1.18. The Bertz CT molecular complexity index is 702. The number of hydrogen-bond acceptors (Lipinski definition) is 4. The van der Waals surface area contributed by atoms with Gasteiger partial charge in [-0.05, 0) is 24.1 Å². The smallest absolute Gasteiger partial charge is 0.228 e. The molecule has 2 aromatic rings. The zero-order chi connectivity index (χ0) is 17.6. The minimum Gasteiger partial charge on any atom is -0.345 e. The van der Waals surface area contributed by atoms with Crippen LogP contribution in [0, 0.1) is 5.92 Å². The van der Waals surface area contributed by atoms with Gasteiger partial charge in [0.2, 0.25) is 11.8 Å². The number of rotatable bonds is 7. The fourth-order valence-corrected chi connectivity index (χ4v) is 3.13. The molecule has 0 N–H and O–H groups in total. The number of likely N-dealkylation sites (tertiary alicyclic amines) is 1. The van der Waals surface area contributed by atoms with Crippen molar-refractivity contribution in [2.45, 2.75) is 25.9 Å². The van der Waals surface area contributed by atoms with Crippen molar-refractivity contribution >= 4 is 11.8 Å². The quantitative estimate of drug-likeness (QED) is 0.758. The van der Waals surface area contributed by atoms with E-state index < -0.39 is 0 Å². The van der Waals surface area contributed by atoms with Gasteiger partial charge in [0, 0.05) is 64.4 Å². The summed E-state index contributed by atoms with van der Waals surface area (Å²) in [7, 11) is 1.75. The van der Waals surface area contributed by atoms with Crippen LogP contribution < -0.4 is 0 Å². The summed E-state index contributed by atoms with van der Waals surface area (Å²) in [5, 5.41) is 0. The molecule has 3 rings (SSSR count). The van der Waals surface area contributed by atoms with Crippen LogP contribution in [0.2, 0.25) is 0 Å². The number of carbonyl (C=O) groups excluding carboxylic acids is 2. The van der Waals surface area contributed by atoms with Crippen molar-refractivity contribution in [1.29, 1.82) is 0 Å². The van der Waals surface area contributed by atoms with Gasteiger partial charge in [-0.1, -0.05) is 0 Å². The highest BCUT2D eigenvalue weighted by atomic mass is 16.2. The Kier molecular flexibility index (Phi) is 5.42. The predicted molar refractivity (Wildman–Crippen MR) is 92.2 cm³/mol. The second-order valence-corrected chi connectivity index (χ2v) is 6.44. The number of carbonyl (C=O) groups is 2. The molecule has 7 heteroatoms. The van der Waals surface area contributed by atoms with E-state index in [0.717, 1.165) is 18.5 Å².